The molecule has 22 heavy (non-hydrogen) atoms. The Balaban J connectivity index is 0.00000242. The number of nitrogens with one attached hydrogen (secondary N) is 2. The van der Waals surface area contributed by atoms with Crippen molar-refractivity contribution in [1.82, 2.24) is 15.6 Å². The van der Waals surface area contributed by atoms with Crippen molar-refractivity contribution in [1.29, 1.82) is 0 Å². The minimum atomic E-state index is 0. The van der Waals surface area contributed by atoms with Crippen molar-refractivity contribution >= 4 is 29.9 Å². The molecular formula is C16H27IN4O. The van der Waals surface area contributed by atoms with E-state index in [2.05, 4.69) is 41.4 Å². The Morgan fingerprint density at radius 2 is 2.18 bits per heavy atom. The maximum absolute atomic E-state index is 5.89. The van der Waals surface area contributed by atoms with E-state index in [9.17, 15) is 0 Å². The number of aromatic nitrogens is 1. The maximum atomic E-state index is 5.89. The predicted molar refractivity (Wildman–Crippen MR) is 101 cm³/mol. The van der Waals surface area contributed by atoms with Crippen LogP contribution in [0.1, 0.15) is 39.2 Å². The van der Waals surface area contributed by atoms with E-state index >= 15 is 0 Å². The highest BCUT2D eigenvalue weighted by atomic mass is 127. The van der Waals surface area contributed by atoms with Gasteiger partial charge in [-0.3, -0.25) is 9.98 Å². The van der Waals surface area contributed by atoms with Gasteiger partial charge in [0, 0.05) is 31.4 Å². The van der Waals surface area contributed by atoms with Gasteiger partial charge in [0.05, 0.1) is 12.8 Å². The SMILES string of the molecule is CC(C)(C)CCOc1cnccc1CNC1=NCCCN1.I. The minimum absolute atomic E-state index is 0. The third-order valence-electron chi connectivity index (χ3n) is 3.32. The lowest BCUT2D eigenvalue weighted by Crippen LogP contribution is -2.40. The van der Waals surface area contributed by atoms with Crippen LogP contribution in [-0.2, 0) is 6.54 Å². The second kappa shape index (κ2) is 9.17. The first kappa shape index (κ1) is 19.0. The molecule has 1 aliphatic rings. The lowest BCUT2D eigenvalue weighted by atomic mass is 9.93. The zero-order chi connectivity index (χ0) is 15.1. The van der Waals surface area contributed by atoms with Crippen molar-refractivity contribution in [2.75, 3.05) is 19.7 Å². The van der Waals surface area contributed by atoms with Crippen molar-refractivity contribution in [2.24, 2.45) is 10.4 Å². The number of ether oxygens (including phenoxy) is 1. The van der Waals surface area contributed by atoms with Crippen LogP contribution in [0.15, 0.2) is 23.5 Å². The molecule has 1 aromatic heterocycles. The summed E-state index contributed by atoms with van der Waals surface area (Å²) in [7, 11) is 0. The summed E-state index contributed by atoms with van der Waals surface area (Å²) in [4.78, 5) is 8.56. The predicted octanol–water partition coefficient (Wildman–Crippen LogP) is 2.95. The Morgan fingerprint density at radius 3 is 2.86 bits per heavy atom. The Labute approximate surface area is 150 Å². The second-order valence-electron chi connectivity index (χ2n) is 6.51. The van der Waals surface area contributed by atoms with Crippen LogP contribution >= 0.6 is 24.0 Å². The van der Waals surface area contributed by atoms with Gasteiger partial charge in [-0.25, -0.2) is 0 Å². The Kier molecular flexibility index (Phi) is 7.92. The largest absolute Gasteiger partial charge is 0.492 e. The van der Waals surface area contributed by atoms with Crippen LogP contribution in [0.3, 0.4) is 0 Å². The van der Waals surface area contributed by atoms with Crippen molar-refractivity contribution < 1.29 is 4.74 Å². The number of pyridine rings is 1. The summed E-state index contributed by atoms with van der Waals surface area (Å²) in [5, 5.41) is 6.57. The summed E-state index contributed by atoms with van der Waals surface area (Å²) in [6, 6.07) is 1.99. The molecule has 0 saturated heterocycles. The molecule has 0 radical (unpaired) electrons. The van der Waals surface area contributed by atoms with Gasteiger partial charge in [-0.05, 0) is 24.3 Å². The number of hydrogen-bond acceptors (Lipinski definition) is 5. The van der Waals surface area contributed by atoms with Crippen LogP contribution in [0.5, 0.6) is 5.75 Å². The molecule has 0 bridgehead atoms. The highest BCUT2D eigenvalue weighted by Crippen LogP contribution is 2.21. The molecule has 1 aliphatic heterocycles. The topological polar surface area (TPSA) is 58.5 Å². The number of guanidine groups is 1. The van der Waals surface area contributed by atoms with E-state index < -0.39 is 0 Å². The molecule has 0 aromatic carbocycles. The average Bonchev–Trinajstić information content (AvgIpc) is 2.46. The molecule has 2 heterocycles. The molecule has 0 atom stereocenters. The third-order valence-corrected chi connectivity index (χ3v) is 3.32. The van der Waals surface area contributed by atoms with E-state index in [1.807, 2.05) is 6.07 Å². The third kappa shape index (κ3) is 6.81. The van der Waals surface area contributed by atoms with E-state index in [1.165, 1.54) is 0 Å². The highest BCUT2D eigenvalue weighted by Gasteiger charge is 2.11. The van der Waals surface area contributed by atoms with Gasteiger partial charge in [0.2, 0.25) is 0 Å². The van der Waals surface area contributed by atoms with Crippen molar-refractivity contribution in [2.45, 2.75) is 40.2 Å². The number of halogens is 1. The summed E-state index contributed by atoms with van der Waals surface area (Å²) in [6.07, 6.45) is 5.70. The van der Waals surface area contributed by atoms with Crippen molar-refractivity contribution in [3.8, 4) is 5.75 Å². The zero-order valence-electron chi connectivity index (χ0n) is 13.7. The molecule has 6 heteroatoms. The molecule has 5 nitrogen and oxygen atoms in total. The fraction of sp³-hybridized carbons (Fsp3) is 0.625. The zero-order valence-corrected chi connectivity index (χ0v) is 16.0. The van der Waals surface area contributed by atoms with Crippen LogP contribution in [0.25, 0.3) is 0 Å². The van der Waals surface area contributed by atoms with Gasteiger partial charge in [-0.2, -0.15) is 0 Å². The quantitative estimate of drug-likeness (QED) is 0.723. The van der Waals surface area contributed by atoms with Gasteiger partial charge in [0.25, 0.3) is 0 Å². The standard InChI is InChI=1S/C16H26N4O.HI/c1-16(2,3)6-10-21-14-12-17-9-5-13(14)11-20-15-18-7-4-8-19-15;/h5,9,12H,4,6-8,10-11H2,1-3H3,(H2,18,19,20);1H. The molecule has 1 aromatic rings. The summed E-state index contributed by atoms with van der Waals surface area (Å²) < 4.78 is 5.89. The molecule has 0 unspecified atom stereocenters. The van der Waals surface area contributed by atoms with Gasteiger partial charge in [-0.1, -0.05) is 20.8 Å². The van der Waals surface area contributed by atoms with Crippen molar-refractivity contribution in [3.63, 3.8) is 0 Å². The second-order valence-corrected chi connectivity index (χ2v) is 6.51. The molecule has 0 fully saturated rings. The smallest absolute Gasteiger partial charge is 0.191 e. The van der Waals surface area contributed by atoms with E-state index in [1.54, 1.807) is 12.4 Å². The maximum Gasteiger partial charge on any atom is 0.191 e. The Bertz CT molecular complexity index is 485. The van der Waals surface area contributed by atoms with E-state index in [-0.39, 0.29) is 29.4 Å². The first-order valence-electron chi connectivity index (χ1n) is 7.62. The number of rotatable bonds is 5. The Morgan fingerprint density at radius 1 is 1.36 bits per heavy atom. The van der Waals surface area contributed by atoms with Gasteiger partial charge in [-0.15, -0.1) is 24.0 Å². The minimum Gasteiger partial charge on any atom is -0.492 e. The lowest BCUT2D eigenvalue weighted by Gasteiger charge is -2.20. The summed E-state index contributed by atoms with van der Waals surface area (Å²) in [5.41, 5.74) is 1.38. The molecule has 124 valence electrons. The number of nitrogens with zero attached hydrogens (tertiary/aromatic N) is 2. The molecule has 2 N–H and O–H groups in total. The summed E-state index contributed by atoms with van der Waals surface area (Å²) in [5.74, 6) is 1.73. The first-order valence-corrected chi connectivity index (χ1v) is 7.62. The van der Waals surface area contributed by atoms with E-state index in [4.69, 9.17) is 4.74 Å². The summed E-state index contributed by atoms with van der Waals surface area (Å²) in [6.45, 7) is 9.93. The number of aliphatic imine (C=N–C) groups is 1. The van der Waals surface area contributed by atoms with Crippen LogP contribution in [0, 0.1) is 5.41 Å². The van der Waals surface area contributed by atoms with Gasteiger partial charge in [0.1, 0.15) is 5.75 Å². The molecule has 0 amide bonds. The summed E-state index contributed by atoms with van der Waals surface area (Å²) >= 11 is 0. The fourth-order valence-corrected chi connectivity index (χ4v) is 1.98. The molecule has 2 rings (SSSR count). The number of hydrogen-bond donors (Lipinski definition) is 2. The van der Waals surface area contributed by atoms with Crippen LogP contribution in [0.2, 0.25) is 0 Å². The fourth-order valence-electron chi connectivity index (χ4n) is 1.98. The average molecular weight is 418 g/mol. The molecule has 0 aliphatic carbocycles. The van der Waals surface area contributed by atoms with Crippen LogP contribution in [0.4, 0.5) is 0 Å². The monoisotopic (exact) mass is 418 g/mol. The Hall–Kier alpha value is -1.05. The molecule has 0 saturated carbocycles. The van der Waals surface area contributed by atoms with E-state index in [0.717, 1.165) is 43.2 Å². The normalized spacial score (nSPS) is 14.4. The van der Waals surface area contributed by atoms with Crippen LogP contribution < -0.4 is 15.4 Å². The van der Waals surface area contributed by atoms with Gasteiger partial charge < -0.3 is 15.4 Å². The highest BCUT2D eigenvalue weighted by molar-refractivity contribution is 14.0. The molecular weight excluding hydrogens is 391 g/mol. The van der Waals surface area contributed by atoms with E-state index in [0.29, 0.717) is 13.2 Å². The van der Waals surface area contributed by atoms with Crippen molar-refractivity contribution in [3.05, 3.63) is 24.0 Å². The van der Waals surface area contributed by atoms with Crippen LogP contribution in [-0.4, -0.2) is 30.6 Å². The van der Waals surface area contributed by atoms with Gasteiger partial charge >= 0.3 is 0 Å². The first-order chi connectivity index (χ1) is 10.0. The molecule has 0 spiro atoms. The lowest BCUT2D eigenvalue weighted by molar-refractivity contribution is 0.240. The van der Waals surface area contributed by atoms with Gasteiger partial charge in [0.15, 0.2) is 5.96 Å².